The number of carbonyl (C=O) groups is 2. The first kappa shape index (κ1) is 17.7. The van der Waals surface area contributed by atoms with Gasteiger partial charge in [0.25, 0.3) is 0 Å². The standard InChI is InChI=1S/C17H25NO5/c1-11(2)9-14(19)22-13-5-7-18-8-6-17(21,16(13)18)23-15(20)10-12(3)4/h9-10,13,16,21H,5-8H2,1-4H3. The van der Waals surface area contributed by atoms with Crippen LogP contribution in [-0.2, 0) is 19.1 Å². The Morgan fingerprint density at radius 3 is 2.30 bits per heavy atom. The maximum atomic E-state index is 11.9. The molecule has 0 spiro atoms. The van der Waals surface area contributed by atoms with E-state index >= 15 is 0 Å². The Morgan fingerprint density at radius 1 is 1.09 bits per heavy atom. The molecule has 1 N–H and O–H groups in total. The molecule has 2 aliphatic rings. The highest BCUT2D eigenvalue weighted by Crippen LogP contribution is 2.38. The molecule has 2 saturated heterocycles. The Bertz CT molecular complexity index is 545. The first-order chi connectivity index (χ1) is 10.7. The maximum Gasteiger partial charge on any atom is 0.333 e. The number of carbonyl (C=O) groups excluding carboxylic acids is 2. The van der Waals surface area contributed by atoms with E-state index in [1.54, 1.807) is 13.8 Å². The molecular weight excluding hydrogens is 298 g/mol. The summed E-state index contributed by atoms with van der Waals surface area (Å²) in [6, 6.07) is -0.508. The number of hydrogen-bond donors (Lipinski definition) is 1. The molecule has 0 aromatic carbocycles. The van der Waals surface area contributed by atoms with Crippen molar-refractivity contribution in [2.24, 2.45) is 0 Å². The topological polar surface area (TPSA) is 76.1 Å². The number of allylic oxidation sites excluding steroid dienone is 2. The summed E-state index contributed by atoms with van der Waals surface area (Å²) in [5.74, 6) is -2.62. The number of esters is 2. The van der Waals surface area contributed by atoms with Gasteiger partial charge in [-0.3, -0.25) is 4.90 Å². The molecule has 0 aliphatic carbocycles. The zero-order valence-electron chi connectivity index (χ0n) is 14.2. The predicted molar refractivity (Wildman–Crippen MR) is 84.4 cm³/mol. The fourth-order valence-corrected chi connectivity index (χ4v) is 3.20. The first-order valence-corrected chi connectivity index (χ1v) is 7.91. The molecule has 2 heterocycles. The van der Waals surface area contributed by atoms with E-state index in [1.165, 1.54) is 12.2 Å². The number of fused-ring (bicyclic) bond motifs is 1. The van der Waals surface area contributed by atoms with Gasteiger partial charge in [-0.15, -0.1) is 0 Å². The van der Waals surface area contributed by atoms with Gasteiger partial charge in [0.05, 0.1) is 0 Å². The minimum absolute atomic E-state index is 0.316. The highest BCUT2D eigenvalue weighted by molar-refractivity contribution is 5.83. The fraction of sp³-hybridized carbons (Fsp3) is 0.647. The summed E-state index contributed by atoms with van der Waals surface area (Å²) in [6.45, 7) is 8.52. The van der Waals surface area contributed by atoms with Gasteiger partial charge in [0.1, 0.15) is 12.1 Å². The highest BCUT2D eigenvalue weighted by atomic mass is 16.7. The fourth-order valence-electron chi connectivity index (χ4n) is 3.20. The Balaban J connectivity index is 2.10. The quantitative estimate of drug-likeness (QED) is 0.480. The van der Waals surface area contributed by atoms with E-state index in [0.29, 0.717) is 25.9 Å². The first-order valence-electron chi connectivity index (χ1n) is 7.91. The molecule has 0 saturated carbocycles. The Hall–Kier alpha value is -1.66. The van der Waals surface area contributed by atoms with Crippen molar-refractivity contribution in [1.82, 2.24) is 4.90 Å². The lowest BCUT2D eigenvalue weighted by atomic mass is 10.0. The van der Waals surface area contributed by atoms with Gasteiger partial charge in [-0.25, -0.2) is 9.59 Å². The molecule has 6 heteroatoms. The third-order valence-electron chi connectivity index (χ3n) is 4.02. The molecule has 0 radical (unpaired) electrons. The predicted octanol–water partition coefficient (Wildman–Crippen LogP) is 1.54. The minimum atomic E-state index is -1.62. The van der Waals surface area contributed by atoms with E-state index in [2.05, 4.69) is 0 Å². The second kappa shape index (κ2) is 6.84. The molecule has 6 nitrogen and oxygen atoms in total. The van der Waals surface area contributed by atoms with E-state index in [-0.39, 0.29) is 0 Å². The summed E-state index contributed by atoms with van der Waals surface area (Å²) in [5, 5.41) is 10.8. The van der Waals surface area contributed by atoms with Crippen molar-refractivity contribution in [2.75, 3.05) is 13.1 Å². The van der Waals surface area contributed by atoms with Crippen molar-refractivity contribution in [3.05, 3.63) is 23.3 Å². The molecule has 0 aromatic heterocycles. The summed E-state index contributed by atoms with van der Waals surface area (Å²) >= 11 is 0. The van der Waals surface area contributed by atoms with E-state index in [9.17, 15) is 14.7 Å². The van der Waals surface area contributed by atoms with Crippen LogP contribution in [0.15, 0.2) is 23.3 Å². The molecule has 2 aliphatic heterocycles. The van der Waals surface area contributed by atoms with Crippen molar-refractivity contribution < 1.29 is 24.2 Å². The Labute approximate surface area is 136 Å². The van der Waals surface area contributed by atoms with Gasteiger partial charge in [0.15, 0.2) is 0 Å². The number of aliphatic hydroxyl groups is 1. The largest absolute Gasteiger partial charge is 0.457 e. The van der Waals surface area contributed by atoms with Gasteiger partial charge in [0.2, 0.25) is 5.79 Å². The van der Waals surface area contributed by atoms with Crippen LogP contribution in [0.25, 0.3) is 0 Å². The van der Waals surface area contributed by atoms with Crippen LogP contribution in [0.4, 0.5) is 0 Å². The van der Waals surface area contributed by atoms with Crippen molar-refractivity contribution in [2.45, 2.75) is 58.5 Å². The molecular formula is C17H25NO5. The van der Waals surface area contributed by atoms with Gasteiger partial charge in [-0.2, -0.15) is 0 Å². The average Bonchev–Trinajstić information content (AvgIpc) is 2.90. The second-order valence-electron chi connectivity index (χ2n) is 6.70. The zero-order chi connectivity index (χ0) is 17.2. The second-order valence-corrected chi connectivity index (χ2v) is 6.70. The van der Waals surface area contributed by atoms with E-state index in [0.717, 1.165) is 11.1 Å². The third kappa shape index (κ3) is 4.20. The van der Waals surface area contributed by atoms with Gasteiger partial charge in [-0.1, -0.05) is 11.1 Å². The van der Waals surface area contributed by atoms with E-state index < -0.39 is 29.9 Å². The van der Waals surface area contributed by atoms with Crippen LogP contribution in [0.5, 0.6) is 0 Å². The Kier molecular flexibility index (Phi) is 5.26. The van der Waals surface area contributed by atoms with Crippen LogP contribution < -0.4 is 0 Å². The van der Waals surface area contributed by atoms with Gasteiger partial charge in [-0.05, 0) is 34.1 Å². The van der Waals surface area contributed by atoms with Crippen molar-refractivity contribution in [3.63, 3.8) is 0 Å². The van der Waals surface area contributed by atoms with Crippen LogP contribution >= 0.6 is 0 Å². The monoisotopic (exact) mass is 323 g/mol. The molecule has 3 atom stereocenters. The highest BCUT2D eigenvalue weighted by Gasteiger charge is 2.57. The molecule has 2 rings (SSSR count). The van der Waals surface area contributed by atoms with Crippen molar-refractivity contribution >= 4 is 11.9 Å². The summed E-state index contributed by atoms with van der Waals surface area (Å²) in [5.41, 5.74) is 1.65. The summed E-state index contributed by atoms with van der Waals surface area (Å²) in [4.78, 5) is 25.8. The minimum Gasteiger partial charge on any atom is -0.457 e. The van der Waals surface area contributed by atoms with E-state index in [1.807, 2.05) is 18.7 Å². The van der Waals surface area contributed by atoms with Crippen LogP contribution in [0.2, 0.25) is 0 Å². The van der Waals surface area contributed by atoms with Crippen molar-refractivity contribution in [3.8, 4) is 0 Å². The summed E-state index contributed by atoms with van der Waals surface area (Å²) < 4.78 is 10.8. The van der Waals surface area contributed by atoms with Crippen LogP contribution in [0, 0.1) is 0 Å². The SMILES string of the molecule is CC(C)=CC(=O)OC1CCN2CCC(O)(OC(=O)C=C(C)C)C12. The zero-order valence-corrected chi connectivity index (χ0v) is 14.2. The number of rotatable bonds is 4. The molecule has 0 amide bonds. The van der Waals surface area contributed by atoms with Gasteiger partial charge < -0.3 is 14.6 Å². The van der Waals surface area contributed by atoms with E-state index in [4.69, 9.17) is 9.47 Å². The maximum absolute atomic E-state index is 11.9. The molecule has 3 unspecified atom stereocenters. The molecule has 2 fully saturated rings. The molecule has 23 heavy (non-hydrogen) atoms. The lowest BCUT2D eigenvalue weighted by Crippen LogP contribution is -2.51. The van der Waals surface area contributed by atoms with Crippen molar-refractivity contribution in [1.29, 1.82) is 0 Å². The normalized spacial score (nSPS) is 29.6. The lowest BCUT2D eigenvalue weighted by molar-refractivity contribution is -0.220. The Morgan fingerprint density at radius 2 is 1.70 bits per heavy atom. The third-order valence-corrected chi connectivity index (χ3v) is 4.02. The summed E-state index contributed by atoms with van der Waals surface area (Å²) in [6.07, 6.45) is 3.22. The molecule has 0 aromatic rings. The van der Waals surface area contributed by atoms with Gasteiger partial charge >= 0.3 is 11.9 Å². The average molecular weight is 323 g/mol. The molecule has 128 valence electrons. The number of hydrogen-bond acceptors (Lipinski definition) is 6. The van der Waals surface area contributed by atoms with Crippen LogP contribution in [0.3, 0.4) is 0 Å². The van der Waals surface area contributed by atoms with Crippen LogP contribution in [-0.4, -0.2) is 53.0 Å². The number of ether oxygens (including phenoxy) is 2. The van der Waals surface area contributed by atoms with Gasteiger partial charge in [0, 0.05) is 31.7 Å². The van der Waals surface area contributed by atoms with Crippen LogP contribution in [0.1, 0.15) is 40.5 Å². The number of nitrogens with zero attached hydrogens (tertiary/aromatic N) is 1. The summed E-state index contributed by atoms with van der Waals surface area (Å²) in [7, 11) is 0. The smallest absolute Gasteiger partial charge is 0.333 e. The lowest BCUT2D eigenvalue weighted by Gasteiger charge is -2.32. The molecule has 0 bridgehead atoms.